The van der Waals surface area contributed by atoms with E-state index >= 15 is 0 Å². The minimum Gasteiger partial charge on any atom is -0.313 e. The molecule has 2 fully saturated rings. The van der Waals surface area contributed by atoms with Gasteiger partial charge in [-0.15, -0.1) is 0 Å². The van der Waals surface area contributed by atoms with Crippen molar-refractivity contribution in [3.8, 4) is 0 Å². The van der Waals surface area contributed by atoms with Crippen LogP contribution in [-0.2, 0) is 0 Å². The summed E-state index contributed by atoms with van der Waals surface area (Å²) in [6, 6.07) is 0.900. The molecule has 2 rings (SSSR count). The number of hydrogen-bond donors (Lipinski definition) is 1. The van der Waals surface area contributed by atoms with Crippen LogP contribution < -0.4 is 5.32 Å². The van der Waals surface area contributed by atoms with Crippen molar-refractivity contribution in [2.24, 2.45) is 11.8 Å². The van der Waals surface area contributed by atoms with Crippen molar-refractivity contribution in [1.82, 2.24) is 5.32 Å². The number of nitrogens with one attached hydrogen (secondary N) is 1. The van der Waals surface area contributed by atoms with Crippen LogP contribution in [0.15, 0.2) is 0 Å². The average molecular weight is 185 g/mol. The van der Waals surface area contributed by atoms with Gasteiger partial charge in [0.05, 0.1) is 0 Å². The highest BCUT2D eigenvalue weighted by molar-refractivity contribution is 7.98. The van der Waals surface area contributed by atoms with Crippen molar-refractivity contribution in [2.45, 2.75) is 31.7 Å². The fraction of sp³-hybridized carbons (Fsp3) is 1.00. The van der Waals surface area contributed by atoms with E-state index < -0.39 is 0 Å². The van der Waals surface area contributed by atoms with Crippen LogP contribution in [0.1, 0.15) is 25.7 Å². The quantitative estimate of drug-likeness (QED) is 0.636. The summed E-state index contributed by atoms with van der Waals surface area (Å²) >= 11 is 1.95. The van der Waals surface area contributed by atoms with Gasteiger partial charge >= 0.3 is 0 Å². The molecule has 2 aliphatic carbocycles. The maximum absolute atomic E-state index is 3.72. The molecule has 0 aliphatic heterocycles. The molecule has 0 atom stereocenters. The van der Waals surface area contributed by atoms with Gasteiger partial charge < -0.3 is 5.32 Å². The fourth-order valence-electron chi connectivity index (χ4n) is 1.96. The van der Waals surface area contributed by atoms with Crippen LogP contribution in [0.5, 0.6) is 0 Å². The lowest BCUT2D eigenvalue weighted by Gasteiger charge is -2.16. The van der Waals surface area contributed by atoms with E-state index in [1.54, 1.807) is 0 Å². The Labute approximate surface area is 79.7 Å². The average Bonchev–Trinajstić information content (AvgIpc) is 2.87. The van der Waals surface area contributed by atoms with Gasteiger partial charge in [0, 0.05) is 18.3 Å². The molecule has 0 bridgehead atoms. The highest BCUT2D eigenvalue weighted by Crippen LogP contribution is 2.44. The monoisotopic (exact) mass is 185 g/mol. The Hall–Kier alpha value is 0.310. The zero-order valence-corrected chi connectivity index (χ0v) is 8.70. The largest absolute Gasteiger partial charge is 0.313 e. The molecule has 0 aromatic heterocycles. The van der Waals surface area contributed by atoms with Crippen LogP contribution in [0.4, 0.5) is 0 Å². The molecule has 12 heavy (non-hydrogen) atoms. The molecule has 1 N–H and O–H groups in total. The first kappa shape index (κ1) is 8.89. The minimum absolute atomic E-state index is 0.900. The summed E-state index contributed by atoms with van der Waals surface area (Å²) in [7, 11) is 0. The van der Waals surface area contributed by atoms with Crippen molar-refractivity contribution in [3.05, 3.63) is 0 Å². The summed E-state index contributed by atoms with van der Waals surface area (Å²) in [5, 5.41) is 3.72. The number of hydrogen-bond acceptors (Lipinski definition) is 2. The third-order valence-corrected chi connectivity index (χ3v) is 3.56. The normalized spacial score (nSPS) is 23.5. The highest BCUT2D eigenvalue weighted by atomic mass is 32.2. The molecule has 1 nitrogen and oxygen atoms in total. The van der Waals surface area contributed by atoms with E-state index in [9.17, 15) is 0 Å². The van der Waals surface area contributed by atoms with Crippen LogP contribution in [0.25, 0.3) is 0 Å². The zero-order valence-electron chi connectivity index (χ0n) is 7.88. The topological polar surface area (TPSA) is 12.0 Å². The SMILES string of the molecule is CSCCNC(C1CC1)C1CC1. The molecule has 0 aromatic rings. The second-order valence-corrected chi connectivity index (χ2v) is 5.13. The Balaban J connectivity index is 1.66. The van der Waals surface area contributed by atoms with Gasteiger partial charge in [-0.05, 0) is 43.8 Å². The molecular formula is C10H19NS. The first-order valence-electron chi connectivity index (χ1n) is 5.14. The van der Waals surface area contributed by atoms with E-state index in [2.05, 4.69) is 11.6 Å². The van der Waals surface area contributed by atoms with Gasteiger partial charge in [-0.1, -0.05) is 0 Å². The first-order chi connectivity index (χ1) is 5.92. The molecule has 2 heteroatoms. The van der Waals surface area contributed by atoms with Gasteiger partial charge in [0.2, 0.25) is 0 Å². The Morgan fingerprint density at radius 2 is 1.83 bits per heavy atom. The van der Waals surface area contributed by atoms with Crippen LogP contribution in [0.3, 0.4) is 0 Å². The number of rotatable bonds is 6. The lowest BCUT2D eigenvalue weighted by Crippen LogP contribution is -2.34. The van der Waals surface area contributed by atoms with Crippen LogP contribution in [0, 0.1) is 11.8 Å². The Kier molecular flexibility index (Phi) is 2.97. The van der Waals surface area contributed by atoms with Gasteiger partial charge in [-0.3, -0.25) is 0 Å². The van der Waals surface area contributed by atoms with E-state index in [1.165, 1.54) is 38.0 Å². The third kappa shape index (κ3) is 2.40. The van der Waals surface area contributed by atoms with Crippen molar-refractivity contribution in [1.29, 1.82) is 0 Å². The van der Waals surface area contributed by atoms with Gasteiger partial charge in [0.15, 0.2) is 0 Å². The summed E-state index contributed by atoms with van der Waals surface area (Å²) in [6.07, 6.45) is 8.16. The third-order valence-electron chi connectivity index (χ3n) is 2.95. The molecule has 0 saturated heterocycles. The second-order valence-electron chi connectivity index (χ2n) is 4.15. The molecule has 0 spiro atoms. The summed E-state index contributed by atoms with van der Waals surface area (Å²) in [5.41, 5.74) is 0. The number of thioether (sulfide) groups is 1. The molecule has 0 unspecified atom stereocenters. The van der Waals surface area contributed by atoms with Crippen molar-refractivity contribution in [2.75, 3.05) is 18.6 Å². The molecule has 0 heterocycles. The standard InChI is InChI=1S/C10H19NS/c1-12-7-6-11-10(8-2-3-8)9-4-5-9/h8-11H,2-7H2,1H3. The summed E-state index contributed by atoms with van der Waals surface area (Å²) in [4.78, 5) is 0. The maximum atomic E-state index is 3.72. The van der Waals surface area contributed by atoms with Crippen LogP contribution >= 0.6 is 11.8 Å². The summed E-state index contributed by atoms with van der Waals surface area (Å²) in [6.45, 7) is 1.22. The molecule has 2 aliphatic rings. The Morgan fingerprint density at radius 1 is 1.25 bits per heavy atom. The molecule has 0 radical (unpaired) electrons. The molecule has 0 aromatic carbocycles. The highest BCUT2D eigenvalue weighted by Gasteiger charge is 2.40. The lowest BCUT2D eigenvalue weighted by atomic mass is 10.1. The second kappa shape index (κ2) is 4.01. The van der Waals surface area contributed by atoms with E-state index in [4.69, 9.17) is 0 Å². The molecular weight excluding hydrogens is 166 g/mol. The van der Waals surface area contributed by atoms with Gasteiger partial charge in [0.1, 0.15) is 0 Å². The summed E-state index contributed by atoms with van der Waals surface area (Å²) < 4.78 is 0. The van der Waals surface area contributed by atoms with E-state index in [0.717, 1.165) is 17.9 Å². The van der Waals surface area contributed by atoms with Crippen molar-refractivity contribution < 1.29 is 0 Å². The Bertz CT molecular complexity index is 129. The predicted octanol–water partition coefficient (Wildman–Crippen LogP) is 2.13. The predicted molar refractivity (Wildman–Crippen MR) is 55.6 cm³/mol. The zero-order chi connectivity index (χ0) is 8.39. The van der Waals surface area contributed by atoms with Crippen molar-refractivity contribution in [3.63, 3.8) is 0 Å². The van der Waals surface area contributed by atoms with Crippen LogP contribution in [-0.4, -0.2) is 24.6 Å². The van der Waals surface area contributed by atoms with Gasteiger partial charge in [-0.2, -0.15) is 11.8 Å². The summed E-state index contributed by atoms with van der Waals surface area (Å²) in [5.74, 6) is 3.38. The van der Waals surface area contributed by atoms with E-state index in [0.29, 0.717) is 0 Å². The Morgan fingerprint density at radius 3 is 2.25 bits per heavy atom. The minimum atomic E-state index is 0.900. The van der Waals surface area contributed by atoms with Crippen LogP contribution in [0.2, 0.25) is 0 Å². The molecule has 70 valence electrons. The fourth-order valence-corrected chi connectivity index (χ4v) is 2.28. The van der Waals surface area contributed by atoms with Gasteiger partial charge in [-0.25, -0.2) is 0 Å². The van der Waals surface area contributed by atoms with Crippen molar-refractivity contribution >= 4 is 11.8 Å². The van der Waals surface area contributed by atoms with E-state index in [1.807, 2.05) is 11.8 Å². The van der Waals surface area contributed by atoms with Gasteiger partial charge in [0.25, 0.3) is 0 Å². The maximum Gasteiger partial charge on any atom is 0.0124 e. The first-order valence-corrected chi connectivity index (χ1v) is 6.53. The molecule has 2 saturated carbocycles. The lowest BCUT2D eigenvalue weighted by molar-refractivity contribution is 0.429. The smallest absolute Gasteiger partial charge is 0.0124 e. The van der Waals surface area contributed by atoms with E-state index in [-0.39, 0.29) is 0 Å². The molecule has 0 amide bonds.